The van der Waals surface area contributed by atoms with Crippen molar-refractivity contribution in [3.63, 3.8) is 0 Å². The van der Waals surface area contributed by atoms with Crippen LogP contribution in [-0.2, 0) is 0 Å². The van der Waals surface area contributed by atoms with E-state index in [2.05, 4.69) is 16.4 Å². The molecule has 0 saturated carbocycles. The number of thiazole rings is 1. The number of hydrogen-bond donors (Lipinski definition) is 2. The van der Waals surface area contributed by atoms with E-state index >= 15 is 0 Å². The van der Waals surface area contributed by atoms with Gasteiger partial charge in [0.1, 0.15) is 10.7 Å². The summed E-state index contributed by atoms with van der Waals surface area (Å²) in [4.78, 5) is 19.0. The van der Waals surface area contributed by atoms with Gasteiger partial charge in [-0.25, -0.2) is 4.98 Å². The molecular weight excluding hydrogens is 284 g/mol. The van der Waals surface area contributed by atoms with E-state index in [9.17, 15) is 4.79 Å². The van der Waals surface area contributed by atoms with Crippen molar-refractivity contribution < 1.29 is 4.79 Å². The fourth-order valence-corrected chi connectivity index (χ4v) is 2.92. The van der Waals surface area contributed by atoms with Gasteiger partial charge in [-0.1, -0.05) is 17.4 Å². The van der Waals surface area contributed by atoms with Crippen molar-refractivity contribution in [2.75, 3.05) is 29.5 Å². The van der Waals surface area contributed by atoms with Gasteiger partial charge in [-0.3, -0.25) is 4.79 Å². The normalized spacial score (nSPS) is 10.5. The summed E-state index contributed by atoms with van der Waals surface area (Å²) in [6.45, 7) is 6.83. The number of hydrogen-bond acceptors (Lipinski definition) is 5. The van der Waals surface area contributed by atoms with Crippen LogP contribution in [0.2, 0.25) is 0 Å². The number of nitrogens with zero attached hydrogens (tertiary/aromatic N) is 2. The molecule has 0 aliphatic heterocycles. The van der Waals surface area contributed by atoms with Crippen molar-refractivity contribution in [1.29, 1.82) is 0 Å². The first-order valence-electron chi connectivity index (χ1n) is 6.77. The van der Waals surface area contributed by atoms with Crippen LogP contribution in [0.5, 0.6) is 0 Å². The Morgan fingerprint density at radius 1 is 1.33 bits per heavy atom. The smallest absolute Gasteiger partial charge is 0.269 e. The number of aryl methyl sites for hydroxylation is 2. The molecule has 0 atom stereocenters. The van der Waals surface area contributed by atoms with Crippen molar-refractivity contribution in [3.05, 3.63) is 34.2 Å². The molecule has 0 fully saturated rings. The van der Waals surface area contributed by atoms with Crippen LogP contribution in [0.4, 0.5) is 16.6 Å². The van der Waals surface area contributed by atoms with Crippen LogP contribution in [-0.4, -0.2) is 24.5 Å². The lowest BCUT2D eigenvalue weighted by atomic mass is 10.1. The molecule has 3 N–H and O–H groups in total. The number of carbonyl (C=O) groups is 1. The quantitative estimate of drug-likeness (QED) is 0.910. The zero-order valence-electron chi connectivity index (χ0n) is 12.7. The minimum Gasteiger partial charge on any atom is -0.382 e. The summed E-state index contributed by atoms with van der Waals surface area (Å²) in [7, 11) is 1.92. The van der Waals surface area contributed by atoms with Gasteiger partial charge >= 0.3 is 0 Å². The molecule has 5 nitrogen and oxygen atoms in total. The van der Waals surface area contributed by atoms with Gasteiger partial charge in [0, 0.05) is 19.3 Å². The van der Waals surface area contributed by atoms with Crippen LogP contribution >= 0.6 is 11.3 Å². The number of benzene rings is 1. The maximum absolute atomic E-state index is 12.3. The lowest BCUT2D eigenvalue weighted by molar-refractivity contribution is 0.103. The highest BCUT2D eigenvalue weighted by Crippen LogP contribution is 2.28. The van der Waals surface area contributed by atoms with Crippen molar-refractivity contribution in [2.24, 2.45) is 0 Å². The number of amides is 1. The topological polar surface area (TPSA) is 71.2 Å². The molecular formula is C15H20N4OS. The van der Waals surface area contributed by atoms with Crippen LogP contribution < -0.4 is 16.0 Å². The van der Waals surface area contributed by atoms with Gasteiger partial charge in [0.25, 0.3) is 5.91 Å². The lowest BCUT2D eigenvalue weighted by Crippen LogP contribution is -2.15. The van der Waals surface area contributed by atoms with Gasteiger partial charge in [0.2, 0.25) is 0 Å². The Labute approximate surface area is 128 Å². The second-order valence-electron chi connectivity index (χ2n) is 5.06. The van der Waals surface area contributed by atoms with E-state index in [0.29, 0.717) is 4.88 Å². The average Bonchev–Trinajstić information content (AvgIpc) is 2.78. The van der Waals surface area contributed by atoms with Gasteiger partial charge < -0.3 is 16.0 Å². The average molecular weight is 304 g/mol. The van der Waals surface area contributed by atoms with Gasteiger partial charge in [0.05, 0.1) is 0 Å². The molecule has 0 spiro atoms. The third-order valence-electron chi connectivity index (χ3n) is 3.13. The largest absolute Gasteiger partial charge is 0.382 e. The number of nitrogens with one attached hydrogen (secondary N) is 1. The molecule has 0 aliphatic carbocycles. The Kier molecular flexibility index (Phi) is 4.47. The van der Waals surface area contributed by atoms with E-state index < -0.39 is 0 Å². The maximum atomic E-state index is 12.3. The first kappa shape index (κ1) is 15.3. The van der Waals surface area contributed by atoms with Crippen LogP contribution in [0.25, 0.3) is 0 Å². The van der Waals surface area contributed by atoms with Gasteiger partial charge in [-0.15, -0.1) is 0 Å². The van der Waals surface area contributed by atoms with E-state index in [-0.39, 0.29) is 11.7 Å². The molecule has 2 aromatic rings. The highest BCUT2D eigenvalue weighted by atomic mass is 32.1. The van der Waals surface area contributed by atoms with E-state index in [0.717, 1.165) is 28.5 Å². The highest BCUT2D eigenvalue weighted by Gasteiger charge is 2.18. The molecule has 0 bridgehead atoms. The minimum atomic E-state index is -0.217. The number of aromatic nitrogens is 1. The Morgan fingerprint density at radius 2 is 1.95 bits per heavy atom. The summed E-state index contributed by atoms with van der Waals surface area (Å²) in [5, 5.41) is 3.63. The monoisotopic (exact) mass is 304 g/mol. The SMILES string of the molecule is CCN(C)c1nc(N)c(C(=O)Nc2cc(C)cc(C)c2)s1. The molecule has 0 saturated heterocycles. The molecule has 1 aromatic carbocycles. The molecule has 1 aromatic heterocycles. The van der Waals surface area contributed by atoms with Crippen LogP contribution in [0.3, 0.4) is 0 Å². The van der Waals surface area contributed by atoms with E-state index in [1.165, 1.54) is 11.3 Å². The third kappa shape index (κ3) is 3.52. The van der Waals surface area contributed by atoms with Gasteiger partial charge in [0.15, 0.2) is 5.13 Å². The summed E-state index contributed by atoms with van der Waals surface area (Å²) in [5.74, 6) is 0.0583. The van der Waals surface area contributed by atoms with Crippen LogP contribution in [0, 0.1) is 13.8 Å². The molecule has 0 aliphatic rings. The molecule has 1 heterocycles. The van der Waals surface area contributed by atoms with E-state index in [1.54, 1.807) is 0 Å². The molecule has 6 heteroatoms. The van der Waals surface area contributed by atoms with E-state index in [4.69, 9.17) is 5.73 Å². The molecule has 21 heavy (non-hydrogen) atoms. The first-order valence-corrected chi connectivity index (χ1v) is 7.59. The second-order valence-corrected chi connectivity index (χ2v) is 6.03. The standard InChI is InChI=1S/C15H20N4OS/c1-5-19(4)15-18-13(16)12(21-15)14(20)17-11-7-9(2)6-10(3)8-11/h6-8H,5,16H2,1-4H3,(H,17,20). The van der Waals surface area contributed by atoms with Crippen molar-refractivity contribution in [1.82, 2.24) is 4.98 Å². The van der Waals surface area contributed by atoms with Gasteiger partial charge in [-0.05, 0) is 44.0 Å². The number of carbonyl (C=O) groups excluding carboxylic acids is 1. The minimum absolute atomic E-state index is 0.217. The third-order valence-corrected chi connectivity index (χ3v) is 4.31. The summed E-state index contributed by atoms with van der Waals surface area (Å²) in [5.41, 5.74) is 8.84. The fourth-order valence-electron chi connectivity index (χ4n) is 2.02. The molecule has 0 unspecified atom stereocenters. The van der Waals surface area contributed by atoms with Crippen molar-refractivity contribution >= 4 is 33.9 Å². The Morgan fingerprint density at radius 3 is 2.52 bits per heavy atom. The summed E-state index contributed by atoms with van der Waals surface area (Å²) in [6.07, 6.45) is 0. The zero-order chi connectivity index (χ0) is 15.6. The Bertz CT molecular complexity index is 645. The predicted molar refractivity (Wildman–Crippen MR) is 89.3 cm³/mol. The number of nitrogens with two attached hydrogens (primary N) is 1. The summed E-state index contributed by atoms with van der Waals surface area (Å²) in [6, 6.07) is 5.92. The van der Waals surface area contributed by atoms with E-state index in [1.807, 2.05) is 44.9 Å². The molecule has 1 amide bonds. The Hall–Kier alpha value is -2.08. The van der Waals surface area contributed by atoms with Gasteiger partial charge in [-0.2, -0.15) is 0 Å². The first-order chi connectivity index (χ1) is 9.90. The molecule has 112 valence electrons. The Balaban J connectivity index is 2.22. The number of rotatable bonds is 4. The summed E-state index contributed by atoms with van der Waals surface area (Å²) >= 11 is 1.31. The molecule has 0 radical (unpaired) electrons. The number of anilines is 3. The number of nitrogen functional groups attached to an aromatic ring is 1. The van der Waals surface area contributed by atoms with Crippen molar-refractivity contribution in [3.8, 4) is 0 Å². The second kappa shape index (κ2) is 6.13. The molecule has 2 rings (SSSR count). The highest BCUT2D eigenvalue weighted by molar-refractivity contribution is 7.18. The van der Waals surface area contributed by atoms with Crippen LogP contribution in [0.1, 0.15) is 27.7 Å². The fraction of sp³-hybridized carbons (Fsp3) is 0.333. The lowest BCUT2D eigenvalue weighted by Gasteiger charge is -2.11. The zero-order valence-corrected chi connectivity index (χ0v) is 13.5. The van der Waals surface area contributed by atoms with Crippen molar-refractivity contribution in [2.45, 2.75) is 20.8 Å². The predicted octanol–water partition coefficient (Wildman–Crippen LogP) is 3.05. The summed E-state index contributed by atoms with van der Waals surface area (Å²) < 4.78 is 0. The maximum Gasteiger partial charge on any atom is 0.269 e. The van der Waals surface area contributed by atoms with Crippen LogP contribution in [0.15, 0.2) is 18.2 Å².